The van der Waals surface area contributed by atoms with E-state index in [2.05, 4.69) is 0 Å². The summed E-state index contributed by atoms with van der Waals surface area (Å²) in [6.45, 7) is 0.289. The van der Waals surface area contributed by atoms with Crippen LogP contribution < -0.4 is 4.74 Å². The Bertz CT molecular complexity index is 539. The third-order valence-corrected chi connectivity index (χ3v) is 3.24. The molecule has 0 heterocycles. The van der Waals surface area contributed by atoms with E-state index in [0.717, 1.165) is 11.1 Å². The van der Waals surface area contributed by atoms with Crippen LogP contribution in [0, 0.1) is 0 Å². The molecule has 20 heavy (non-hydrogen) atoms. The molecule has 0 unspecified atom stereocenters. The zero-order valence-corrected chi connectivity index (χ0v) is 12.3. The average Bonchev–Trinajstić information content (AvgIpc) is 2.50. The molecule has 0 saturated heterocycles. The van der Waals surface area contributed by atoms with Gasteiger partial charge in [0.05, 0.1) is 5.02 Å². The average molecular weight is 293 g/mol. The maximum Gasteiger partial charge on any atom is 0.191 e. The molecule has 0 aliphatic carbocycles. The van der Waals surface area contributed by atoms with Crippen LogP contribution in [0.15, 0.2) is 48.5 Å². The summed E-state index contributed by atoms with van der Waals surface area (Å²) in [7, 11) is 3.13. The summed E-state index contributed by atoms with van der Waals surface area (Å²) in [4.78, 5) is 0. The number of halogens is 1. The monoisotopic (exact) mass is 292 g/mol. The van der Waals surface area contributed by atoms with Crippen molar-refractivity contribution in [2.75, 3.05) is 20.8 Å². The van der Waals surface area contributed by atoms with E-state index >= 15 is 0 Å². The van der Waals surface area contributed by atoms with Crippen molar-refractivity contribution >= 4 is 11.6 Å². The van der Waals surface area contributed by atoms with Gasteiger partial charge in [-0.2, -0.15) is 0 Å². The van der Waals surface area contributed by atoms with Crippen LogP contribution in [0.3, 0.4) is 0 Å². The fourth-order valence-corrected chi connectivity index (χ4v) is 2.05. The third-order valence-electron chi connectivity index (χ3n) is 2.94. The van der Waals surface area contributed by atoms with E-state index in [0.29, 0.717) is 10.8 Å². The van der Waals surface area contributed by atoms with E-state index in [1.165, 1.54) is 0 Å². The Morgan fingerprint density at radius 2 is 1.65 bits per heavy atom. The van der Waals surface area contributed by atoms with Crippen LogP contribution in [0.25, 0.3) is 11.1 Å². The molecule has 106 valence electrons. The SMILES string of the molecule is COC(COc1ccc(-c2ccccc2)cc1Cl)OC. The van der Waals surface area contributed by atoms with Crippen molar-refractivity contribution < 1.29 is 14.2 Å². The summed E-state index contributed by atoms with van der Waals surface area (Å²) in [6, 6.07) is 15.8. The van der Waals surface area contributed by atoms with Crippen LogP contribution in [-0.2, 0) is 9.47 Å². The highest BCUT2D eigenvalue weighted by atomic mass is 35.5. The lowest BCUT2D eigenvalue weighted by atomic mass is 10.1. The predicted molar refractivity (Wildman–Crippen MR) is 80.2 cm³/mol. The molecule has 0 aliphatic rings. The second-order valence-electron chi connectivity index (χ2n) is 4.22. The predicted octanol–water partition coefficient (Wildman–Crippen LogP) is 4.00. The Balaban J connectivity index is 2.10. The first-order valence-corrected chi connectivity index (χ1v) is 6.65. The molecule has 2 aromatic carbocycles. The zero-order chi connectivity index (χ0) is 14.4. The number of rotatable bonds is 6. The quantitative estimate of drug-likeness (QED) is 0.753. The van der Waals surface area contributed by atoms with Gasteiger partial charge in [-0.3, -0.25) is 0 Å². The van der Waals surface area contributed by atoms with E-state index in [4.69, 9.17) is 25.8 Å². The Hall–Kier alpha value is -1.55. The Morgan fingerprint density at radius 1 is 0.950 bits per heavy atom. The fraction of sp³-hybridized carbons (Fsp3) is 0.250. The van der Waals surface area contributed by atoms with Gasteiger partial charge in [0.15, 0.2) is 6.29 Å². The fourth-order valence-electron chi connectivity index (χ4n) is 1.82. The number of hydrogen-bond donors (Lipinski definition) is 0. The van der Waals surface area contributed by atoms with Crippen molar-refractivity contribution in [3.63, 3.8) is 0 Å². The van der Waals surface area contributed by atoms with Gasteiger partial charge >= 0.3 is 0 Å². The number of benzene rings is 2. The minimum Gasteiger partial charge on any atom is -0.487 e. The topological polar surface area (TPSA) is 27.7 Å². The van der Waals surface area contributed by atoms with E-state index in [1.807, 2.05) is 48.5 Å². The molecule has 4 heteroatoms. The van der Waals surface area contributed by atoms with Gasteiger partial charge in [0.25, 0.3) is 0 Å². The van der Waals surface area contributed by atoms with E-state index < -0.39 is 6.29 Å². The molecule has 0 amide bonds. The minimum atomic E-state index is -0.403. The maximum atomic E-state index is 6.24. The Morgan fingerprint density at radius 3 is 2.25 bits per heavy atom. The molecule has 0 spiro atoms. The summed E-state index contributed by atoms with van der Waals surface area (Å²) in [5, 5.41) is 0.567. The number of methoxy groups -OCH3 is 2. The molecule has 0 aromatic heterocycles. The molecular weight excluding hydrogens is 276 g/mol. The largest absolute Gasteiger partial charge is 0.487 e. The first-order chi connectivity index (χ1) is 9.74. The zero-order valence-electron chi connectivity index (χ0n) is 11.5. The second-order valence-corrected chi connectivity index (χ2v) is 4.63. The summed E-state index contributed by atoms with van der Waals surface area (Å²) in [6.07, 6.45) is -0.403. The van der Waals surface area contributed by atoms with Crippen molar-refractivity contribution in [1.29, 1.82) is 0 Å². The van der Waals surface area contributed by atoms with Crippen molar-refractivity contribution in [2.24, 2.45) is 0 Å². The van der Waals surface area contributed by atoms with E-state index in [-0.39, 0.29) is 6.61 Å². The number of ether oxygens (including phenoxy) is 3. The van der Waals surface area contributed by atoms with Gasteiger partial charge in [-0.15, -0.1) is 0 Å². The lowest BCUT2D eigenvalue weighted by Crippen LogP contribution is -2.22. The van der Waals surface area contributed by atoms with Crippen molar-refractivity contribution in [3.05, 3.63) is 53.6 Å². The molecule has 0 N–H and O–H groups in total. The molecule has 0 bridgehead atoms. The van der Waals surface area contributed by atoms with Crippen molar-refractivity contribution in [3.8, 4) is 16.9 Å². The smallest absolute Gasteiger partial charge is 0.191 e. The molecule has 0 atom stereocenters. The van der Waals surface area contributed by atoms with Crippen LogP contribution >= 0.6 is 11.6 Å². The van der Waals surface area contributed by atoms with E-state index in [9.17, 15) is 0 Å². The Labute approximate surface area is 124 Å². The van der Waals surface area contributed by atoms with Gasteiger partial charge in [-0.1, -0.05) is 48.0 Å². The van der Waals surface area contributed by atoms with Crippen LogP contribution in [0.5, 0.6) is 5.75 Å². The third kappa shape index (κ3) is 3.73. The Kier molecular flexibility index (Phi) is 5.41. The van der Waals surface area contributed by atoms with Crippen LogP contribution in [0.2, 0.25) is 5.02 Å². The molecule has 0 saturated carbocycles. The van der Waals surface area contributed by atoms with Crippen LogP contribution in [-0.4, -0.2) is 27.1 Å². The summed E-state index contributed by atoms with van der Waals surface area (Å²) in [5.74, 6) is 0.616. The van der Waals surface area contributed by atoms with Gasteiger partial charge in [-0.05, 0) is 23.3 Å². The molecule has 0 radical (unpaired) electrons. The first kappa shape index (κ1) is 14.9. The van der Waals surface area contributed by atoms with Crippen molar-refractivity contribution in [1.82, 2.24) is 0 Å². The lowest BCUT2D eigenvalue weighted by molar-refractivity contribution is -0.121. The summed E-state index contributed by atoms with van der Waals surface area (Å²) >= 11 is 6.24. The second kappa shape index (κ2) is 7.29. The molecule has 2 rings (SSSR count). The van der Waals surface area contributed by atoms with Crippen LogP contribution in [0.4, 0.5) is 0 Å². The van der Waals surface area contributed by atoms with Gasteiger partial charge in [-0.25, -0.2) is 0 Å². The highest BCUT2D eigenvalue weighted by Gasteiger charge is 2.09. The highest BCUT2D eigenvalue weighted by molar-refractivity contribution is 6.32. The first-order valence-electron chi connectivity index (χ1n) is 6.28. The van der Waals surface area contributed by atoms with Crippen LogP contribution in [0.1, 0.15) is 0 Å². The molecule has 0 fully saturated rings. The minimum absolute atomic E-state index is 0.289. The van der Waals surface area contributed by atoms with Crippen molar-refractivity contribution in [2.45, 2.75) is 6.29 Å². The standard InChI is InChI=1S/C16H17ClO3/c1-18-16(19-2)11-20-15-9-8-13(10-14(15)17)12-6-4-3-5-7-12/h3-10,16H,11H2,1-2H3. The molecule has 0 aliphatic heterocycles. The normalized spacial score (nSPS) is 10.8. The number of hydrogen-bond acceptors (Lipinski definition) is 3. The molecule has 3 nitrogen and oxygen atoms in total. The van der Waals surface area contributed by atoms with Gasteiger partial charge in [0, 0.05) is 14.2 Å². The molecular formula is C16H17ClO3. The maximum absolute atomic E-state index is 6.24. The highest BCUT2D eigenvalue weighted by Crippen LogP contribution is 2.30. The summed E-state index contributed by atoms with van der Waals surface area (Å²) in [5.41, 5.74) is 2.17. The van der Waals surface area contributed by atoms with Gasteiger partial charge in [0.1, 0.15) is 12.4 Å². The molecule has 2 aromatic rings. The lowest BCUT2D eigenvalue weighted by Gasteiger charge is -2.15. The van der Waals surface area contributed by atoms with E-state index in [1.54, 1.807) is 14.2 Å². The van der Waals surface area contributed by atoms with Gasteiger partial charge in [0.2, 0.25) is 0 Å². The summed E-state index contributed by atoms with van der Waals surface area (Å²) < 4.78 is 15.7. The van der Waals surface area contributed by atoms with Gasteiger partial charge < -0.3 is 14.2 Å².